The molecular weight excluding hydrogens is 278 g/mol. The van der Waals surface area contributed by atoms with Crippen molar-refractivity contribution < 1.29 is 4.79 Å². The average molecular weight is 291 g/mol. The second-order valence-corrected chi connectivity index (χ2v) is 4.62. The van der Waals surface area contributed by atoms with Gasteiger partial charge in [0, 0.05) is 17.7 Å². The molecule has 3 aromatic rings. The highest BCUT2D eigenvalue weighted by Crippen LogP contribution is 2.25. The average Bonchev–Trinajstić information content (AvgIpc) is 2.89. The molecule has 2 aromatic heterocycles. The third-order valence-corrected chi connectivity index (χ3v) is 3.18. The summed E-state index contributed by atoms with van der Waals surface area (Å²) in [5.41, 5.74) is 12.7. The lowest BCUT2D eigenvalue weighted by Crippen LogP contribution is -2.21. The molecule has 6 heteroatoms. The molecule has 0 aliphatic heterocycles. The monoisotopic (exact) mass is 291 g/mol. The number of hydrogen-bond donors (Lipinski definition) is 2. The highest BCUT2D eigenvalue weighted by molar-refractivity contribution is 5.85. The zero-order chi connectivity index (χ0) is 15.5. The summed E-state index contributed by atoms with van der Waals surface area (Å²) in [7, 11) is 0. The first-order chi connectivity index (χ1) is 10.7. The Morgan fingerprint density at radius 1 is 1.18 bits per heavy atom. The lowest BCUT2D eigenvalue weighted by Gasteiger charge is -2.07. The second-order valence-electron chi connectivity index (χ2n) is 4.62. The van der Waals surface area contributed by atoms with E-state index in [0.29, 0.717) is 17.2 Å². The fourth-order valence-corrected chi connectivity index (χ4v) is 2.26. The highest BCUT2D eigenvalue weighted by Gasteiger charge is 2.10. The van der Waals surface area contributed by atoms with Crippen molar-refractivity contribution in [2.75, 3.05) is 0 Å². The Balaban J connectivity index is 2.19. The van der Waals surface area contributed by atoms with Gasteiger partial charge >= 0.3 is 0 Å². The molecule has 1 aromatic carbocycles. The van der Waals surface area contributed by atoms with Gasteiger partial charge in [-0.2, -0.15) is 0 Å². The molecular formula is C16H13N5O. The summed E-state index contributed by atoms with van der Waals surface area (Å²) in [6, 6.07) is 13.3. The second kappa shape index (κ2) is 5.55. The maximum atomic E-state index is 10.8. The molecule has 0 unspecified atom stereocenters. The van der Waals surface area contributed by atoms with Gasteiger partial charge < -0.3 is 11.5 Å². The number of carbonyl (C=O) groups excluding carboxylic acids is 1. The Hall–Kier alpha value is -3.37. The summed E-state index contributed by atoms with van der Waals surface area (Å²) in [4.78, 5) is 19.4. The molecule has 3 rings (SSSR count). The quantitative estimate of drug-likeness (QED) is 0.436. The minimum absolute atomic E-state index is 0.0789. The highest BCUT2D eigenvalue weighted by atomic mass is 16.1. The Bertz CT molecular complexity index is 915. The van der Waals surface area contributed by atoms with E-state index < -0.39 is 0 Å². The fraction of sp³-hybridized carbons (Fsp3) is 0. The van der Waals surface area contributed by atoms with Crippen LogP contribution in [0.1, 0.15) is 5.69 Å². The number of guanidine groups is 1. The number of rotatable bonds is 3. The lowest BCUT2D eigenvalue weighted by molar-refractivity contribution is 0.570. The van der Waals surface area contributed by atoms with Crippen molar-refractivity contribution in [1.82, 2.24) is 9.55 Å². The Morgan fingerprint density at radius 2 is 2.00 bits per heavy atom. The molecule has 0 fully saturated rings. The number of hydrogen-bond acceptors (Lipinski definition) is 3. The van der Waals surface area contributed by atoms with Gasteiger partial charge in [-0.1, -0.05) is 18.2 Å². The number of aromatic nitrogens is 2. The number of aliphatic imine (C=N–C) groups is 1. The zero-order valence-electron chi connectivity index (χ0n) is 11.6. The van der Waals surface area contributed by atoms with Crippen LogP contribution in [0, 0.1) is 0 Å². The standard InChI is InChI=1S/C16H13N5O/c17-16(18)20-13-7-9-21(14(13)8-10-22)15-6-5-11-3-1-2-4-12(11)19-15/h1-9H,(H4,17,18,20). The third kappa shape index (κ3) is 2.46. The van der Waals surface area contributed by atoms with Gasteiger partial charge in [0.15, 0.2) is 5.96 Å². The van der Waals surface area contributed by atoms with Crippen molar-refractivity contribution in [3.63, 3.8) is 0 Å². The van der Waals surface area contributed by atoms with Crippen LogP contribution in [0.5, 0.6) is 0 Å². The summed E-state index contributed by atoms with van der Waals surface area (Å²) >= 11 is 0. The summed E-state index contributed by atoms with van der Waals surface area (Å²) in [6.45, 7) is 0. The van der Waals surface area contributed by atoms with E-state index in [1.807, 2.05) is 36.4 Å². The number of nitrogens with zero attached hydrogens (tertiary/aromatic N) is 3. The number of nitrogens with two attached hydrogens (primary N) is 2. The summed E-state index contributed by atoms with van der Waals surface area (Å²) in [6.07, 6.45) is 3.03. The SMILES string of the molecule is NC(N)=Nc1ccn(-c2ccc3ccccc3n2)c1C=C=O. The van der Waals surface area contributed by atoms with E-state index in [9.17, 15) is 4.79 Å². The van der Waals surface area contributed by atoms with E-state index in [1.54, 1.807) is 22.8 Å². The molecule has 0 amide bonds. The molecule has 108 valence electrons. The minimum atomic E-state index is -0.0789. The smallest absolute Gasteiger partial charge is 0.191 e. The van der Waals surface area contributed by atoms with Crippen LogP contribution in [-0.4, -0.2) is 21.5 Å². The van der Waals surface area contributed by atoms with E-state index in [-0.39, 0.29) is 5.96 Å². The molecule has 0 bridgehead atoms. The van der Waals surface area contributed by atoms with Gasteiger partial charge in [0.2, 0.25) is 0 Å². The normalized spacial score (nSPS) is 10.2. The summed E-state index contributed by atoms with van der Waals surface area (Å²) in [5, 5.41) is 1.04. The van der Waals surface area contributed by atoms with Crippen LogP contribution in [0.2, 0.25) is 0 Å². The number of fused-ring (bicyclic) bond motifs is 1. The van der Waals surface area contributed by atoms with E-state index in [4.69, 9.17) is 11.5 Å². The van der Waals surface area contributed by atoms with E-state index in [0.717, 1.165) is 10.9 Å². The van der Waals surface area contributed by atoms with Crippen molar-refractivity contribution >= 4 is 34.6 Å². The van der Waals surface area contributed by atoms with Gasteiger partial charge in [-0.15, -0.1) is 0 Å². The first kappa shape index (κ1) is 13.6. The summed E-state index contributed by atoms with van der Waals surface area (Å²) < 4.78 is 1.74. The van der Waals surface area contributed by atoms with Crippen LogP contribution in [0.15, 0.2) is 53.7 Å². The Morgan fingerprint density at radius 3 is 2.77 bits per heavy atom. The lowest BCUT2D eigenvalue weighted by atomic mass is 10.2. The molecule has 0 radical (unpaired) electrons. The maximum absolute atomic E-state index is 10.8. The largest absolute Gasteiger partial charge is 0.370 e. The van der Waals surface area contributed by atoms with Crippen LogP contribution in [0.3, 0.4) is 0 Å². The molecule has 22 heavy (non-hydrogen) atoms. The molecule has 0 atom stereocenters. The summed E-state index contributed by atoms with van der Waals surface area (Å²) in [5.74, 6) is 2.34. The van der Waals surface area contributed by atoms with Crippen molar-refractivity contribution in [1.29, 1.82) is 0 Å². The zero-order valence-corrected chi connectivity index (χ0v) is 11.6. The Kier molecular flexibility index (Phi) is 3.43. The third-order valence-electron chi connectivity index (χ3n) is 3.18. The van der Waals surface area contributed by atoms with Crippen molar-refractivity contribution in [2.24, 2.45) is 16.5 Å². The van der Waals surface area contributed by atoms with Crippen molar-refractivity contribution in [3.05, 3.63) is 54.4 Å². The van der Waals surface area contributed by atoms with Gasteiger partial charge in [0.25, 0.3) is 0 Å². The van der Waals surface area contributed by atoms with Gasteiger partial charge in [0.05, 0.1) is 16.9 Å². The van der Waals surface area contributed by atoms with E-state index in [1.165, 1.54) is 6.08 Å². The first-order valence-corrected chi connectivity index (χ1v) is 6.57. The van der Waals surface area contributed by atoms with Crippen LogP contribution in [-0.2, 0) is 4.79 Å². The van der Waals surface area contributed by atoms with Crippen LogP contribution in [0.4, 0.5) is 5.69 Å². The van der Waals surface area contributed by atoms with E-state index >= 15 is 0 Å². The van der Waals surface area contributed by atoms with Gasteiger partial charge in [0.1, 0.15) is 11.8 Å². The van der Waals surface area contributed by atoms with Crippen molar-refractivity contribution in [2.45, 2.75) is 0 Å². The number of benzene rings is 1. The molecule has 0 aliphatic carbocycles. The topological polar surface area (TPSA) is 99.3 Å². The molecule has 4 N–H and O–H groups in total. The molecule has 0 saturated carbocycles. The first-order valence-electron chi connectivity index (χ1n) is 6.57. The predicted molar refractivity (Wildman–Crippen MR) is 86.7 cm³/mol. The fourth-order valence-electron chi connectivity index (χ4n) is 2.26. The number of pyridine rings is 1. The predicted octanol–water partition coefficient (Wildman–Crippen LogP) is 1.78. The van der Waals surface area contributed by atoms with Gasteiger partial charge in [-0.3, -0.25) is 4.57 Å². The van der Waals surface area contributed by atoms with Crippen LogP contribution in [0.25, 0.3) is 22.8 Å². The number of para-hydroxylation sites is 1. The maximum Gasteiger partial charge on any atom is 0.191 e. The molecule has 0 aliphatic rings. The molecule has 6 nitrogen and oxygen atoms in total. The Labute approximate surface area is 126 Å². The van der Waals surface area contributed by atoms with Gasteiger partial charge in [-0.05, 0) is 24.3 Å². The minimum Gasteiger partial charge on any atom is -0.370 e. The molecule has 0 spiro atoms. The molecule has 0 saturated heterocycles. The van der Waals surface area contributed by atoms with Crippen LogP contribution >= 0.6 is 0 Å². The van der Waals surface area contributed by atoms with Crippen LogP contribution < -0.4 is 11.5 Å². The van der Waals surface area contributed by atoms with Gasteiger partial charge in [-0.25, -0.2) is 14.8 Å². The van der Waals surface area contributed by atoms with E-state index in [2.05, 4.69) is 9.98 Å². The van der Waals surface area contributed by atoms with Crippen molar-refractivity contribution in [3.8, 4) is 5.82 Å². The molecule has 2 heterocycles.